The third kappa shape index (κ3) is 1.35. The van der Waals surface area contributed by atoms with Crippen molar-refractivity contribution in [2.45, 2.75) is 26.2 Å². The maximum atomic E-state index is 2.24. The molecule has 1 heterocycles. The van der Waals surface area contributed by atoms with Crippen molar-refractivity contribution in [2.75, 3.05) is 28.2 Å². The molecule has 0 atom stereocenters. The van der Waals surface area contributed by atoms with Gasteiger partial charge in [-0.1, -0.05) is 0 Å². The molecule has 0 aliphatic carbocycles. The van der Waals surface area contributed by atoms with Gasteiger partial charge < -0.3 is 0 Å². The molecule has 0 aromatic heterocycles. The van der Waals surface area contributed by atoms with E-state index in [4.69, 9.17) is 0 Å². The van der Waals surface area contributed by atoms with Crippen LogP contribution in [-0.4, -0.2) is 60.6 Å². The molecule has 0 bridgehead atoms. The molecule has 1 aliphatic rings. The minimum Gasteiger partial charge on any atom is -0.225 e. The molecule has 0 amide bonds. The zero-order valence-corrected chi connectivity index (χ0v) is 8.94. The number of hydrogen-bond donors (Lipinski definition) is 0. The van der Waals surface area contributed by atoms with E-state index in [-0.39, 0.29) is 0 Å². The Morgan fingerprint density at radius 2 is 0.750 bits per heavy atom. The fraction of sp³-hybridized carbons (Fsp3) is 1.00. The van der Waals surface area contributed by atoms with E-state index in [2.05, 4.69) is 62.1 Å². The minimum absolute atomic E-state index is 0.427. The van der Waals surface area contributed by atoms with Crippen LogP contribution in [0.2, 0.25) is 0 Å². The van der Waals surface area contributed by atoms with Crippen LogP contribution in [0.3, 0.4) is 0 Å². The highest BCUT2D eigenvalue weighted by Crippen LogP contribution is 2.17. The standard InChI is InChI=1S/C8H20N4/c1-7-9(3)11(5)8(2)12(6)10(7)4/h7-8H,1-6H3. The van der Waals surface area contributed by atoms with Crippen LogP contribution >= 0.6 is 0 Å². The molecule has 4 nitrogen and oxygen atoms in total. The average Bonchev–Trinajstić information content (AvgIpc) is 2.08. The number of rotatable bonds is 0. The van der Waals surface area contributed by atoms with Gasteiger partial charge in [-0.15, -0.1) is 0 Å². The third-order valence-corrected chi connectivity index (χ3v) is 3.16. The SMILES string of the molecule is CC1N(C)N(C)C(C)N(C)N1C. The summed E-state index contributed by atoms with van der Waals surface area (Å²) in [6.45, 7) is 4.39. The van der Waals surface area contributed by atoms with Crippen molar-refractivity contribution in [1.29, 1.82) is 0 Å². The molecule has 0 unspecified atom stereocenters. The average molecular weight is 172 g/mol. The van der Waals surface area contributed by atoms with Crippen LogP contribution in [0.25, 0.3) is 0 Å². The predicted octanol–water partition coefficient (Wildman–Crippen LogP) is 0.249. The van der Waals surface area contributed by atoms with Gasteiger partial charge in [0.25, 0.3) is 0 Å². The first-order chi connectivity index (χ1) is 5.46. The number of hydrogen-bond acceptors (Lipinski definition) is 4. The van der Waals surface area contributed by atoms with Gasteiger partial charge in [0.2, 0.25) is 0 Å². The summed E-state index contributed by atoms with van der Waals surface area (Å²) >= 11 is 0. The molecular formula is C8H20N4. The maximum absolute atomic E-state index is 2.24. The van der Waals surface area contributed by atoms with E-state index >= 15 is 0 Å². The molecule has 4 heteroatoms. The van der Waals surface area contributed by atoms with Crippen molar-refractivity contribution < 1.29 is 0 Å². The van der Waals surface area contributed by atoms with Crippen molar-refractivity contribution in [3.8, 4) is 0 Å². The quantitative estimate of drug-likeness (QED) is 0.519. The lowest BCUT2D eigenvalue weighted by atomic mass is 10.4. The van der Waals surface area contributed by atoms with Gasteiger partial charge in [-0.2, -0.15) is 0 Å². The largest absolute Gasteiger partial charge is 0.225 e. The lowest BCUT2D eigenvalue weighted by Gasteiger charge is -2.52. The van der Waals surface area contributed by atoms with Gasteiger partial charge in [0.05, 0.1) is 12.3 Å². The van der Waals surface area contributed by atoms with Crippen molar-refractivity contribution in [3.63, 3.8) is 0 Å². The predicted molar refractivity (Wildman–Crippen MR) is 50.0 cm³/mol. The van der Waals surface area contributed by atoms with Crippen molar-refractivity contribution in [3.05, 3.63) is 0 Å². The van der Waals surface area contributed by atoms with Gasteiger partial charge in [-0.25, -0.2) is 20.0 Å². The van der Waals surface area contributed by atoms with E-state index in [0.717, 1.165) is 0 Å². The summed E-state index contributed by atoms with van der Waals surface area (Å²) in [5, 5.41) is 8.96. The molecular weight excluding hydrogens is 152 g/mol. The van der Waals surface area contributed by atoms with Crippen LogP contribution in [0.4, 0.5) is 0 Å². The van der Waals surface area contributed by atoms with Gasteiger partial charge in [0.15, 0.2) is 0 Å². The zero-order chi connectivity index (χ0) is 9.46. The Balaban J connectivity index is 2.76. The number of hydrazine groups is 2. The molecule has 0 radical (unpaired) electrons. The fourth-order valence-corrected chi connectivity index (χ4v) is 1.54. The maximum Gasteiger partial charge on any atom is 0.0860 e. The summed E-state index contributed by atoms with van der Waals surface area (Å²) in [5.74, 6) is 0. The first-order valence-electron chi connectivity index (χ1n) is 4.38. The summed E-state index contributed by atoms with van der Waals surface area (Å²) in [5.41, 5.74) is 0. The highest BCUT2D eigenvalue weighted by molar-refractivity contribution is 4.70. The van der Waals surface area contributed by atoms with Gasteiger partial charge in [-0.05, 0) is 13.8 Å². The van der Waals surface area contributed by atoms with Gasteiger partial charge in [0, 0.05) is 28.2 Å². The van der Waals surface area contributed by atoms with Gasteiger partial charge in [0.1, 0.15) is 0 Å². The first-order valence-corrected chi connectivity index (χ1v) is 4.38. The summed E-state index contributed by atoms with van der Waals surface area (Å²) < 4.78 is 0. The first kappa shape index (κ1) is 9.92. The highest BCUT2D eigenvalue weighted by Gasteiger charge is 2.32. The van der Waals surface area contributed by atoms with Gasteiger partial charge in [-0.3, -0.25) is 0 Å². The Morgan fingerprint density at radius 1 is 0.583 bits per heavy atom. The van der Waals surface area contributed by atoms with Crippen LogP contribution in [0.15, 0.2) is 0 Å². The molecule has 72 valence electrons. The summed E-state index contributed by atoms with van der Waals surface area (Å²) in [6.07, 6.45) is 0.854. The normalized spacial score (nSPS) is 37.5. The topological polar surface area (TPSA) is 13.0 Å². The molecule has 12 heavy (non-hydrogen) atoms. The lowest BCUT2D eigenvalue weighted by molar-refractivity contribution is -0.254. The van der Waals surface area contributed by atoms with Crippen molar-refractivity contribution >= 4 is 0 Å². The zero-order valence-electron chi connectivity index (χ0n) is 8.94. The molecule has 0 saturated carbocycles. The van der Waals surface area contributed by atoms with E-state index in [1.54, 1.807) is 0 Å². The minimum atomic E-state index is 0.427. The second-order valence-electron chi connectivity index (χ2n) is 3.56. The van der Waals surface area contributed by atoms with Crippen LogP contribution in [0.5, 0.6) is 0 Å². The highest BCUT2D eigenvalue weighted by atomic mass is 15.8. The summed E-state index contributed by atoms with van der Waals surface area (Å²) in [7, 11) is 8.46. The molecule has 1 rings (SSSR count). The lowest BCUT2D eigenvalue weighted by Crippen LogP contribution is -2.67. The van der Waals surface area contributed by atoms with Crippen LogP contribution in [-0.2, 0) is 0 Å². The molecule has 0 spiro atoms. The van der Waals surface area contributed by atoms with E-state index in [9.17, 15) is 0 Å². The monoisotopic (exact) mass is 172 g/mol. The van der Waals surface area contributed by atoms with Crippen LogP contribution < -0.4 is 0 Å². The molecule has 0 N–H and O–H groups in total. The molecule has 1 fully saturated rings. The Hall–Kier alpha value is -0.160. The van der Waals surface area contributed by atoms with Crippen molar-refractivity contribution in [1.82, 2.24) is 20.0 Å². The second kappa shape index (κ2) is 3.30. The molecule has 1 saturated heterocycles. The fourth-order valence-electron chi connectivity index (χ4n) is 1.54. The summed E-state index contributed by atoms with van der Waals surface area (Å²) in [4.78, 5) is 0. The molecule has 1 aliphatic heterocycles. The van der Waals surface area contributed by atoms with Crippen LogP contribution in [0, 0.1) is 0 Å². The Labute approximate surface area is 75.3 Å². The Bertz CT molecular complexity index is 103. The van der Waals surface area contributed by atoms with Gasteiger partial charge >= 0.3 is 0 Å². The third-order valence-electron chi connectivity index (χ3n) is 3.16. The molecule has 0 aromatic rings. The van der Waals surface area contributed by atoms with Crippen LogP contribution in [0.1, 0.15) is 13.8 Å². The number of nitrogens with zero attached hydrogens (tertiary/aromatic N) is 4. The van der Waals surface area contributed by atoms with E-state index in [1.165, 1.54) is 0 Å². The smallest absolute Gasteiger partial charge is 0.0860 e. The van der Waals surface area contributed by atoms with E-state index in [1.807, 2.05) is 0 Å². The van der Waals surface area contributed by atoms with Crippen molar-refractivity contribution in [2.24, 2.45) is 0 Å². The summed E-state index contributed by atoms with van der Waals surface area (Å²) in [6, 6.07) is 0. The Kier molecular flexibility index (Phi) is 2.73. The second-order valence-corrected chi connectivity index (χ2v) is 3.56. The van der Waals surface area contributed by atoms with E-state index in [0.29, 0.717) is 12.3 Å². The van der Waals surface area contributed by atoms with E-state index < -0.39 is 0 Å². The molecule has 0 aromatic carbocycles. The Morgan fingerprint density at radius 3 is 0.917 bits per heavy atom.